The first kappa shape index (κ1) is 20.6. The molecular weight excluding hydrogens is 386 g/mol. The highest BCUT2D eigenvalue weighted by Gasteiger charge is 2.29. The molecule has 1 aliphatic carbocycles. The van der Waals surface area contributed by atoms with Gasteiger partial charge in [0, 0.05) is 37.2 Å². The summed E-state index contributed by atoms with van der Waals surface area (Å²) in [7, 11) is -3.51. The van der Waals surface area contributed by atoms with Gasteiger partial charge in [-0.05, 0) is 37.1 Å². The number of sulfonamides is 1. The molecule has 0 unspecified atom stereocenters. The fraction of sp³-hybridized carbons (Fsp3) is 0.632. The molecule has 1 saturated heterocycles. The highest BCUT2D eigenvalue weighted by Crippen LogP contribution is 2.20. The Morgan fingerprint density at radius 2 is 1.59 bits per heavy atom. The van der Waals surface area contributed by atoms with E-state index in [1.54, 1.807) is 12.1 Å². The Bertz CT molecular complexity index is 723. The van der Waals surface area contributed by atoms with E-state index in [0.29, 0.717) is 43.8 Å². The van der Waals surface area contributed by atoms with Crippen LogP contribution in [0.5, 0.6) is 0 Å². The van der Waals surface area contributed by atoms with Crippen LogP contribution in [0.2, 0.25) is 5.02 Å². The van der Waals surface area contributed by atoms with Gasteiger partial charge in [0.25, 0.3) is 0 Å². The molecule has 1 heterocycles. The molecule has 6 nitrogen and oxygen atoms in total. The second kappa shape index (κ2) is 9.37. The minimum atomic E-state index is -3.51. The SMILES string of the molecule is O=C(CN1CCN(S(=O)(=O)c2ccc(Cl)cc2)CC1)NC1CCCCCC1. The first-order valence-corrected chi connectivity index (χ1v) is 11.5. The molecule has 1 aromatic carbocycles. The van der Waals surface area contributed by atoms with Crippen molar-refractivity contribution >= 4 is 27.5 Å². The number of hydrogen-bond donors (Lipinski definition) is 1. The van der Waals surface area contributed by atoms with Gasteiger partial charge in [0.05, 0.1) is 11.4 Å². The van der Waals surface area contributed by atoms with Gasteiger partial charge in [0.1, 0.15) is 0 Å². The topological polar surface area (TPSA) is 69.7 Å². The quantitative estimate of drug-likeness (QED) is 0.753. The molecule has 0 aromatic heterocycles. The summed E-state index contributed by atoms with van der Waals surface area (Å²) >= 11 is 5.84. The number of hydrogen-bond acceptors (Lipinski definition) is 4. The Hall–Kier alpha value is -1.15. The molecule has 0 radical (unpaired) electrons. The van der Waals surface area contributed by atoms with Crippen LogP contribution in [0.25, 0.3) is 0 Å². The summed E-state index contributed by atoms with van der Waals surface area (Å²) in [6, 6.07) is 6.53. The number of carbonyl (C=O) groups is 1. The highest BCUT2D eigenvalue weighted by molar-refractivity contribution is 7.89. The number of rotatable bonds is 5. The predicted octanol–water partition coefficient (Wildman–Crippen LogP) is 2.49. The fourth-order valence-corrected chi connectivity index (χ4v) is 5.33. The minimum Gasteiger partial charge on any atom is -0.352 e. The maximum Gasteiger partial charge on any atom is 0.243 e. The van der Waals surface area contributed by atoms with Crippen LogP contribution >= 0.6 is 11.6 Å². The normalized spacial score (nSPS) is 20.9. The van der Waals surface area contributed by atoms with Crippen molar-refractivity contribution in [2.75, 3.05) is 32.7 Å². The van der Waals surface area contributed by atoms with E-state index in [9.17, 15) is 13.2 Å². The van der Waals surface area contributed by atoms with Crippen LogP contribution in [0.1, 0.15) is 38.5 Å². The van der Waals surface area contributed by atoms with E-state index < -0.39 is 10.0 Å². The molecule has 1 saturated carbocycles. The summed E-state index contributed by atoms with van der Waals surface area (Å²) in [5.74, 6) is 0.0518. The van der Waals surface area contributed by atoms with Gasteiger partial charge in [-0.15, -0.1) is 0 Å². The molecule has 2 aliphatic rings. The maximum absolute atomic E-state index is 12.7. The number of nitrogens with zero attached hydrogens (tertiary/aromatic N) is 2. The zero-order valence-electron chi connectivity index (χ0n) is 15.6. The molecule has 1 N–H and O–H groups in total. The van der Waals surface area contributed by atoms with Crippen molar-refractivity contribution in [3.63, 3.8) is 0 Å². The third-order valence-corrected chi connectivity index (χ3v) is 7.54. The van der Waals surface area contributed by atoms with Gasteiger partial charge in [0.15, 0.2) is 0 Å². The fourth-order valence-electron chi connectivity index (χ4n) is 3.78. The lowest BCUT2D eigenvalue weighted by Crippen LogP contribution is -2.51. The van der Waals surface area contributed by atoms with Gasteiger partial charge >= 0.3 is 0 Å². The molecule has 1 aromatic rings. The largest absolute Gasteiger partial charge is 0.352 e. The van der Waals surface area contributed by atoms with E-state index in [1.165, 1.54) is 42.1 Å². The second-order valence-electron chi connectivity index (χ2n) is 7.39. The molecule has 0 bridgehead atoms. The monoisotopic (exact) mass is 413 g/mol. The highest BCUT2D eigenvalue weighted by atomic mass is 35.5. The first-order chi connectivity index (χ1) is 12.9. The minimum absolute atomic E-state index is 0.0518. The van der Waals surface area contributed by atoms with Crippen molar-refractivity contribution < 1.29 is 13.2 Å². The number of carbonyl (C=O) groups excluding carboxylic acids is 1. The summed E-state index contributed by atoms with van der Waals surface area (Å²) in [6.07, 6.45) is 7.03. The van der Waals surface area contributed by atoms with Gasteiger partial charge in [0.2, 0.25) is 15.9 Å². The Labute approximate surface area is 166 Å². The molecule has 27 heavy (non-hydrogen) atoms. The molecule has 1 amide bonds. The van der Waals surface area contributed by atoms with E-state index >= 15 is 0 Å². The second-order valence-corrected chi connectivity index (χ2v) is 9.76. The van der Waals surface area contributed by atoms with E-state index in [4.69, 9.17) is 11.6 Å². The summed E-state index contributed by atoms with van der Waals surface area (Å²) in [5, 5.41) is 3.67. The van der Waals surface area contributed by atoms with Crippen molar-refractivity contribution in [2.24, 2.45) is 0 Å². The first-order valence-electron chi connectivity index (χ1n) is 9.72. The summed E-state index contributed by atoms with van der Waals surface area (Å²) < 4.78 is 26.9. The lowest BCUT2D eigenvalue weighted by atomic mass is 10.1. The number of piperazine rings is 1. The van der Waals surface area contributed by atoms with E-state index in [2.05, 4.69) is 5.32 Å². The van der Waals surface area contributed by atoms with Crippen molar-refractivity contribution in [3.05, 3.63) is 29.3 Å². The lowest BCUT2D eigenvalue weighted by Gasteiger charge is -2.33. The average Bonchev–Trinajstić information content (AvgIpc) is 2.91. The van der Waals surface area contributed by atoms with Crippen LogP contribution in [-0.4, -0.2) is 62.3 Å². The number of halogens is 1. The maximum atomic E-state index is 12.7. The molecule has 1 aliphatic heterocycles. The predicted molar refractivity (Wildman–Crippen MR) is 106 cm³/mol. The summed E-state index contributed by atoms with van der Waals surface area (Å²) in [4.78, 5) is 14.6. The standard InChI is InChI=1S/C19H28ClN3O3S/c20-16-7-9-18(10-8-16)27(25,26)23-13-11-22(12-14-23)15-19(24)21-17-5-3-1-2-4-6-17/h7-10,17H,1-6,11-15H2,(H,21,24). The van der Waals surface area contributed by atoms with Crippen molar-refractivity contribution in [3.8, 4) is 0 Å². The van der Waals surface area contributed by atoms with Crippen LogP contribution in [0, 0.1) is 0 Å². The third kappa shape index (κ3) is 5.67. The van der Waals surface area contributed by atoms with Crippen molar-refractivity contribution in [1.29, 1.82) is 0 Å². The zero-order chi connectivity index (χ0) is 19.3. The average molecular weight is 414 g/mol. The molecule has 3 rings (SSSR count). The van der Waals surface area contributed by atoms with Crippen LogP contribution in [0.3, 0.4) is 0 Å². The number of nitrogens with one attached hydrogen (secondary N) is 1. The molecular formula is C19H28ClN3O3S. The summed E-state index contributed by atoms with van der Waals surface area (Å²) in [6.45, 7) is 2.24. The smallest absolute Gasteiger partial charge is 0.243 e. The van der Waals surface area contributed by atoms with Crippen LogP contribution in [-0.2, 0) is 14.8 Å². The van der Waals surface area contributed by atoms with Gasteiger partial charge in [-0.1, -0.05) is 37.3 Å². The Morgan fingerprint density at radius 1 is 1.00 bits per heavy atom. The number of amides is 1. The summed E-state index contributed by atoms with van der Waals surface area (Å²) in [5.41, 5.74) is 0. The zero-order valence-corrected chi connectivity index (χ0v) is 17.1. The van der Waals surface area contributed by atoms with E-state index in [0.717, 1.165) is 12.8 Å². The van der Waals surface area contributed by atoms with Crippen molar-refractivity contribution in [2.45, 2.75) is 49.5 Å². The van der Waals surface area contributed by atoms with Gasteiger partial charge in [-0.25, -0.2) is 8.42 Å². The van der Waals surface area contributed by atoms with Gasteiger partial charge in [-0.2, -0.15) is 4.31 Å². The Balaban J connectivity index is 1.48. The Morgan fingerprint density at radius 3 is 2.19 bits per heavy atom. The third-order valence-electron chi connectivity index (χ3n) is 5.37. The van der Waals surface area contributed by atoms with Crippen LogP contribution in [0.4, 0.5) is 0 Å². The molecule has 8 heteroatoms. The lowest BCUT2D eigenvalue weighted by molar-refractivity contribution is -0.123. The molecule has 0 atom stereocenters. The van der Waals surface area contributed by atoms with E-state index in [1.807, 2.05) is 4.90 Å². The molecule has 150 valence electrons. The van der Waals surface area contributed by atoms with Gasteiger partial charge < -0.3 is 5.32 Å². The Kier molecular flexibility index (Phi) is 7.14. The van der Waals surface area contributed by atoms with Gasteiger partial charge in [-0.3, -0.25) is 9.69 Å². The van der Waals surface area contributed by atoms with E-state index in [-0.39, 0.29) is 10.8 Å². The van der Waals surface area contributed by atoms with Crippen molar-refractivity contribution in [1.82, 2.24) is 14.5 Å². The number of benzene rings is 1. The van der Waals surface area contributed by atoms with Crippen LogP contribution in [0.15, 0.2) is 29.2 Å². The molecule has 0 spiro atoms. The molecule has 2 fully saturated rings. The van der Waals surface area contributed by atoms with Crippen LogP contribution < -0.4 is 5.32 Å².